The molecule has 0 amide bonds. The second kappa shape index (κ2) is 15.1. The van der Waals surface area contributed by atoms with Crippen molar-refractivity contribution in [2.75, 3.05) is 14.2 Å². The molecule has 0 spiro atoms. The summed E-state index contributed by atoms with van der Waals surface area (Å²) in [5.74, 6) is 0.863. The van der Waals surface area contributed by atoms with Gasteiger partial charge in [0, 0.05) is 5.88 Å². The highest BCUT2D eigenvalue weighted by atomic mass is 35.5. The van der Waals surface area contributed by atoms with E-state index in [1.165, 1.54) is 14.2 Å². The van der Waals surface area contributed by atoms with E-state index in [0.29, 0.717) is 30.2 Å². The lowest BCUT2D eigenvalue weighted by Crippen LogP contribution is -2.27. The number of ether oxygens (including phenoxy) is 4. The van der Waals surface area contributed by atoms with Crippen molar-refractivity contribution in [3.8, 4) is 11.5 Å². The second-order valence-electron chi connectivity index (χ2n) is 6.66. The van der Waals surface area contributed by atoms with Crippen LogP contribution in [0.5, 0.6) is 11.5 Å². The number of aliphatic hydroxyl groups excluding tert-OH is 1. The molecule has 0 aliphatic carbocycles. The minimum Gasteiger partial charge on any atom is -0.479 e. The Labute approximate surface area is 194 Å². The Kier molecular flexibility index (Phi) is 12.9. The van der Waals surface area contributed by atoms with Crippen LogP contribution in [0.2, 0.25) is 0 Å². The summed E-state index contributed by atoms with van der Waals surface area (Å²) in [6, 6.07) is 14.4. The van der Waals surface area contributed by atoms with Crippen molar-refractivity contribution >= 4 is 23.5 Å². The summed E-state index contributed by atoms with van der Waals surface area (Å²) >= 11 is 5.71. The Bertz CT molecular complexity index is 771. The first kappa shape index (κ1) is 27.3. The largest absolute Gasteiger partial charge is 0.479 e. The van der Waals surface area contributed by atoms with Crippen LogP contribution < -0.4 is 9.47 Å². The third-order valence-electron chi connectivity index (χ3n) is 4.36. The number of methoxy groups -OCH3 is 2. The van der Waals surface area contributed by atoms with Gasteiger partial charge in [-0.2, -0.15) is 0 Å². The van der Waals surface area contributed by atoms with Crippen LogP contribution in [0, 0.1) is 0 Å². The average molecular weight is 467 g/mol. The first-order chi connectivity index (χ1) is 15.4. The Hall–Kier alpha value is -2.77. The molecule has 2 aromatic carbocycles. The van der Waals surface area contributed by atoms with Crippen LogP contribution in [-0.4, -0.2) is 43.5 Å². The minimum absolute atomic E-state index is 0.0494. The highest BCUT2D eigenvalue weighted by Gasteiger charge is 2.19. The average Bonchev–Trinajstić information content (AvgIpc) is 2.85. The van der Waals surface area contributed by atoms with Crippen LogP contribution in [0.1, 0.15) is 37.8 Å². The molecule has 2 atom stereocenters. The van der Waals surface area contributed by atoms with Gasteiger partial charge in [0.05, 0.1) is 20.8 Å². The summed E-state index contributed by atoms with van der Waals surface area (Å²) in [5, 5.41) is 8.96. The minimum atomic E-state index is -0.598. The van der Waals surface area contributed by atoms with E-state index in [2.05, 4.69) is 9.47 Å². The van der Waals surface area contributed by atoms with E-state index in [4.69, 9.17) is 26.2 Å². The Balaban J connectivity index is 0.000000320. The molecule has 2 rings (SSSR count). The molecule has 0 aliphatic rings. The predicted molar refractivity (Wildman–Crippen MR) is 122 cm³/mol. The van der Waals surface area contributed by atoms with E-state index in [0.717, 1.165) is 11.1 Å². The molecule has 0 heterocycles. The van der Waals surface area contributed by atoms with Gasteiger partial charge < -0.3 is 24.1 Å². The molecule has 176 valence electrons. The number of halogens is 1. The zero-order chi connectivity index (χ0) is 23.9. The molecule has 0 saturated heterocycles. The van der Waals surface area contributed by atoms with Crippen molar-refractivity contribution in [3.63, 3.8) is 0 Å². The topological polar surface area (TPSA) is 91.3 Å². The van der Waals surface area contributed by atoms with Crippen LogP contribution in [-0.2, 0) is 31.5 Å². The van der Waals surface area contributed by atoms with Crippen molar-refractivity contribution in [1.29, 1.82) is 0 Å². The molecular formula is C24H31ClO7. The van der Waals surface area contributed by atoms with Gasteiger partial charge in [0.25, 0.3) is 0 Å². The van der Waals surface area contributed by atoms with E-state index < -0.39 is 18.2 Å². The molecule has 0 aromatic heterocycles. The van der Waals surface area contributed by atoms with Crippen LogP contribution in [0.3, 0.4) is 0 Å². The lowest BCUT2D eigenvalue weighted by molar-refractivity contribution is -0.149. The molecule has 2 aromatic rings. The summed E-state index contributed by atoms with van der Waals surface area (Å²) in [5.41, 5.74) is 1.70. The molecule has 0 bridgehead atoms. The summed E-state index contributed by atoms with van der Waals surface area (Å²) in [4.78, 5) is 22.6. The predicted octanol–water partition coefficient (Wildman–Crippen LogP) is 4.27. The summed E-state index contributed by atoms with van der Waals surface area (Å²) in [6.45, 7) is 3.66. The molecule has 0 saturated carbocycles. The third kappa shape index (κ3) is 9.16. The van der Waals surface area contributed by atoms with Crippen LogP contribution >= 0.6 is 11.6 Å². The fraction of sp³-hybridized carbons (Fsp3) is 0.417. The van der Waals surface area contributed by atoms with Gasteiger partial charge >= 0.3 is 11.9 Å². The van der Waals surface area contributed by atoms with Gasteiger partial charge in [-0.1, -0.05) is 38.1 Å². The molecule has 0 unspecified atom stereocenters. The molecule has 0 aliphatic heterocycles. The van der Waals surface area contributed by atoms with Gasteiger partial charge in [-0.05, 0) is 48.2 Å². The molecule has 0 fully saturated rings. The summed E-state index contributed by atoms with van der Waals surface area (Å²) in [6.07, 6.45) is -0.0529. The Morgan fingerprint density at radius 3 is 1.66 bits per heavy atom. The number of rotatable bonds is 10. The van der Waals surface area contributed by atoms with E-state index >= 15 is 0 Å². The molecule has 7 nitrogen and oxygen atoms in total. The quantitative estimate of drug-likeness (QED) is 0.413. The maximum atomic E-state index is 11.3. The zero-order valence-electron chi connectivity index (χ0n) is 18.9. The molecule has 1 N–H and O–H groups in total. The number of carbonyl (C=O) groups excluding carboxylic acids is 2. The summed E-state index contributed by atoms with van der Waals surface area (Å²) in [7, 11) is 2.68. The second-order valence-corrected chi connectivity index (χ2v) is 6.93. The first-order valence-corrected chi connectivity index (χ1v) is 10.8. The number of alkyl halides is 1. The van der Waals surface area contributed by atoms with E-state index in [1.807, 2.05) is 32.0 Å². The maximum absolute atomic E-state index is 11.3. The van der Waals surface area contributed by atoms with Gasteiger partial charge in [0.15, 0.2) is 12.2 Å². The lowest BCUT2D eigenvalue weighted by Gasteiger charge is -2.15. The van der Waals surface area contributed by atoms with E-state index in [1.54, 1.807) is 30.3 Å². The molecule has 32 heavy (non-hydrogen) atoms. The number of hydrogen-bond donors (Lipinski definition) is 1. The SMILES string of the molecule is CC[C@@H](Oc1cccc(CCl)c1)C(=O)OC.CC[C@@H](Oc1cccc(CO)c1)C(=O)OC. The molecule has 0 radical (unpaired) electrons. The number of aliphatic hydroxyl groups is 1. The van der Waals surface area contributed by atoms with Crippen molar-refractivity contribution < 1.29 is 33.6 Å². The summed E-state index contributed by atoms with van der Waals surface area (Å²) < 4.78 is 20.3. The van der Waals surface area contributed by atoms with Gasteiger partial charge in [0.2, 0.25) is 0 Å². The first-order valence-electron chi connectivity index (χ1n) is 10.3. The highest BCUT2D eigenvalue weighted by Crippen LogP contribution is 2.18. The van der Waals surface area contributed by atoms with Crippen molar-refractivity contribution in [2.45, 2.75) is 51.4 Å². The Morgan fingerprint density at radius 1 is 0.844 bits per heavy atom. The normalized spacial score (nSPS) is 11.9. The van der Waals surface area contributed by atoms with E-state index in [9.17, 15) is 9.59 Å². The van der Waals surface area contributed by atoms with Gasteiger partial charge in [-0.15, -0.1) is 11.6 Å². The fourth-order valence-electron chi connectivity index (χ4n) is 2.61. The monoisotopic (exact) mass is 466 g/mol. The third-order valence-corrected chi connectivity index (χ3v) is 4.67. The van der Waals surface area contributed by atoms with Gasteiger partial charge in [-0.3, -0.25) is 0 Å². The van der Waals surface area contributed by atoms with Gasteiger partial charge in [0.1, 0.15) is 11.5 Å². The number of benzene rings is 2. The molecular weight excluding hydrogens is 436 g/mol. The number of carbonyl (C=O) groups is 2. The fourth-order valence-corrected chi connectivity index (χ4v) is 2.77. The van der Waals surface area contributed by atoms with Crippen molar-refractivity contribution in [3.05, 3.63) is 59.7 Å². The van der Waals surface area contributed by atoms with Crippen molar-refractivity contribution in [2.24, 2.45) is 0 Å². The molecule has 8 heteroatoms. The lowest BCUT2D eigenvalue weighted by atomic mass is 10.2. The standard InChI is InChI=1S/C12H15ClO3.C12H16O4/c2*1-3-11(12(14)15-2)16-10-6-4-5-9(7-10)8-13/h4-7,11H,3,8H2,1-2H3;4-7,11,13H,3,8H2,1-2H3/t2*11-/m11/s1. The van der Waals surface area contributed by atoms with Crippen LogP contribution in [0.25, 0.3) is 0 Å². The zero-order valence-corrected chi connectivity index (χ0v) is 19.6. The van der Waals surface area contributed by atoms with Crippen LogP contribution in [0.4, 0.5) is 0 Å². The maximum Gasteiger partial charge on any atom is 0.347 e. The van der Waals surface area contributed by atoms with Crippen molar-refractivity contribution in [1.82, 2.24) is 0 Å². The highest BCUT2D eigenvalue weighted by molar-refractivity contribution is 6.17. The van der Waals surface area contributed by atoms with Crippen LogP contribution in [0.15, 0.2) is 48.5 Å². The van der Waals surface area contributed by atoms with Gasteiger partial charge in [-0.25, -0.2) is 9.59 Å². The number of hydrogen-bond acceptors (Lipinski definition) is 7. The number of esters is 2. The van der Waals surface area contributed by atoms with E-state index in [-0.39, 0.29) is 12.6 Å². The smallest absolute Gasteiger partial charge is 0.347 e. The Morgan fingerprint density at radius 2 is 1.28 bits per heavy atom.